The highest BCUT2D eigenvalue weighted by Gasteiger charge is 2.33. The third-order valence-electron chi connectivity index (χ3n) is 6.63. The normalized spacial score (nSPS) is 20.7. The molecule has 2 fully saturated rings. The minimum atomic E-state index is -0.275. The van der Waals surface area contributed by atoms with E-state index in [4.69, 9.17) is 0 Å². The SMILES string of the molecule is O=C(N[C@@H]1CCCNC1)c1sc2nccc3c2c1NC(=O)N3c1ccnc(C2CCC2)c1. The van der Waals surface area contributed by atoms with E-state index in [0.29, 0.717) is 16.5 Å². The molecule has 3 amide bonds. The molecule has 3 aromatic rings. The van der Waals surface area contributed by atoms with E-state index < -0.39 is 0 Å². The lowest BCUT2D eigenvalue weighted by Gasteiger charge is -2.30. The molecule has 1 aliphatic carbocycles. The second kappa shape index (κ2) is 7.83. The molecule has 3 aromatic heterocycles. The van der Waals surface area contributed by atoms with Gasteiger partial charge in [-0.25, -0.2) is 9.78 Å². The summed E-state index contributed by atoms with van der Waals surface area (Å²) in [6.07, 6.45) is 8.98. The molecule has 0 unspecified atom stereocenters. The van der Waals surface area contributed by atoms with Crippen LogP contribution in [-0.4, -0.2) is 41.0 Å². The number of hydrogen-bond acceptors (Lipinski definition) is 6. The molecule has 9 heteroatoms. The fourth-order valence-electron chi connectivity index (χ4n) is 4.73. The van der Waals surface area contributed by atoms with Gasteiger partial charge in [-0.15, -0.1) is 11.3 Å². The molecule has 8 nitrogen and oxygen atoms in total. The Morgan fingerprint density at radius 1 is 1.16 bits per heavy atom. The summed E-state index contributed by atoms with van der Waals surface area (Å²) >= 11 is 1.32. The first-order valence-electron chi connectivity index (χ1n) is 11.2. The van der Waals surface area contributed by atoms with E-state index in [2.05, 4.69) is 25.9 Å². The minimum Gasteiger partial charge on any atom is -0.347 e. The largest absolute Gasteiger partial charge is 0.347 e. The summed E-state index contributed by atoms with van der Waals surface area (Å²) in [6, 6.07) is 5.53. The quantitative estimate of drug-likeness (QED) is 0.558. The highest BCUT2D eigenvalue weighted by molar-refractivity contribution is 7.21. The second-order valence-corrected chi connectivity index (χ2v) is 9.66. The molecule has 6 rings (SSSR count). The van der Waals surface area contributed by atoms with Crippen molar-refractivity contribution in [3.8, 4) is 0 Å². The van der Waals surface area contributed by atoms with Gasteiger partial charge in [-0.3, -0.25) is 14.7 Å². The minimum absolute atomic E-state index is 0.0960. The molecule has 5 heterocycles. The molecule has 32 heavy (non-hydrogen) atoms. The van der Waals surface area contributed by atoms with Gasteiger partial charge in [0, 0.05) is 36.6 Å². The van der Waals surface area contributed by atoms with Gasteiger partial charge in [0.1, 0.15) is 9.71 Å². The Morgan fingerprint density at radius 3 is 2.81 bits per heavy atom. The number of nitrogens with one attached hydrogen (secondary N) is 3. The Morgan fingerprint density at radius 2 is 2.03 bits per heavy atom. The van der Waals surface area contributed by atoms with Crippen molar-refractivity contribution in [2.24, 2.45) is 0 Å². The van der Waals surface area contributed by atoms with E-state index in [1.165, 1.54) is 17.8 Å². The molecule has 0 spiro atoms. The first-order chi connectivity index (χ1) is 15.7. The van der Waals surface area contributed by atoms with Crippen LogP contribution < -0.4 is 20.9 Å². The summed E-state index contributed by atoms with van der Waals surface area (Å²) in [5.74, 6) is 0.314. The number of carbonyl (C=O) groups is 2. The summed E-state index contributed by atoms with van der Waals surface area (Å²) in [6.45, 7) is 1.75. The zero-order chi connectivity index (χ0) is 21.7. The predicted molar refractivity (Wildman–Crippen MR) is 125 cm³/mol. The number of carbonyl (C=O) groups excluding carboxylic acids is 2. The van der Waals surface area contributed by atoms with Crippen molar-refractivity contribution in [2.45, 2.75) is 44.1 Å². The maximum absolute atomic E-state index is 13.3. The zero-order valence-corrected chi connectivity index (χ0v) is 18.4. The molecule has 164 valence electrons. The maximum atomic E-state index is 13.3. The third-order valence-corrected chi connectivity index (χ3v) is 7.73. The van der Waals surface area contributed by atoms with Crippen molar-refractivity contribution in [1.29, 1.82) is 0 Å². The number of amides is 3. The topological polar surface area (TPSA) is 99.2 Å². The number of anilines is 3. The van der Waals surface area contributed by atoms with Crippen molar-refractivity contribution in [3.05, 3.63) is 41.2 Å². The third kappa shape index (κ3) is 3.23. The van der Waals surface area contributed by atoms with Crippen LogP contribution in [0.25, 0.3) is 10.2 Å². The second-order valence-electron chi connectivity index (χ2n) is 8.67. The number of pyridine rings is 2. The van der Waals surface area contributed by atoms with Gasteiger partial charge in [-0.05, 0) is 50.4 Å². The number of urea groups is 1. The van der Waals surface area contributed by atoms with Crippen molar-refractivity contribution in [1.82, 2.24) is 20.6 Å². The summed E-state index contributed by atoms with van der Waals surface area (Å²) in [5, 5.41) is 10.2. The number of rotatable bonds is 4. The molecule has 1 atom stereocenters. The van der Waals surface area contributed by atoms with Crippen LogP contribution in [0.2, 0.25) is 0 Å². The van der Waals surface area contributed by atoms with Gasteiger partial charge >= 0.3 is 6.03 Å². The van der Waals surface area contributed by atoms with E-state index in [1.807, 2.05) is 18.2 Å². The Bertz CT molecular complexity index is 1210. The summed E-state index contributed by atoms with van der Waals surface area (Å²) < 4.78 is 0. The van der Waals surface area contributed by atoms with Crippen LogP contribution in [0, 0.1) is 0 Å². The molecule has 3 N–H and O–H groups in total. The molecule has 1 saturated heterocycles. The number of hydrogen-bond donors (Lipinski definition) is 3. The number of aromatic nitrogens is 2. The van der Waals surface area contributed by atoms with Gasteiger partial charge in [0.05, 0.1) is 22.4 Å². The van der Waals surface area contributed by atoms with Gasteiger partial charge in [0.25, 0.3) is 5.91 Å². The fourth-order valence-corrected chi connectivity index (χ4v) is 5.75. The van der Waals surface area contributed by atoms with E-state index in [0.717, 1.165) is 66.1 Å². The first-order valence-corrected chi connectivity index (χ1v) is 12.0. The lowest BCUT2D eigenvalue weighted by molar-refractivity contribution is 0.0935. The smallest absolute Gasteiger partial charge is 0.331 e. The Hall–Kier alpha value is -3.04. The predicted octanol–water partition coefficient (Wildman–Crippen LogP) is 4.12. The van der Waals surface area contributed by atoms with Gasteiger partial charge in [0.15, 0.2) is 0 Å². The van der Waals surface area contributed by atoms with Crippen molar-refractivity contribution >= 4 is 50.6 Å². The molecule has 2 aliphatic heterocycles. The van der Waals surface area contributed by atoms with Gasteiger partial charge in [-0.1, -0.05) is 6.42 Å². The summed E-state index contributed by atoms with van der Waals surface area (Å²) in [4.78, 5) is 38.3. The lowest BCUT2D eigenvalue weighted by atomic mass is 9.82. The number of thiophene rings is 1. The Kier molecular flexibility index (Phi) is 4.80. The summed E-state index contributed by atoms with van der Waals surface area (Å²) in [5.41, 5.74) is 3.12. The monoisotopic (exact) mass is 448 g/mol. The van der Waals surface area contributed by atoms with Crippen LogP contribution >= 0.6 is 11.3 Å². The van der Waals surface area contributed by atoms with Crippen LogP contribution in [0.1, 0.15) is 53.4 Å². The van der Waals surface area contributed by atoms with Gasteiger partial charge in [0.2, 0.25) is 0 Å². The van der Waals surface area contributed by atoms with Crippen LogP contribution in [0.5, 0.6) is 0 Å². The average molecular weight is 449 g/mol. The molecule has 1 saturated carbocycles. The molecule has 0 aromatic carbocycles. The highest BCUT2D eigenvalue weighted by Crippen LogP contribution is 2.46. The average Bonchev–Trinajstić information content (AvgIpc) is 3.13. The molecule has 3 aliphatic rings. The molecule has 0 bridgehead atoms. The van der Waals surface area contributed by atoms with Crippen LogP contribution in [0.15, 0.2) is 30.6 Å². The van der Waals surface area contributed by atoms with E-state index in [-0.39, 0.29) is 18.0 Å². The van der Waals surface area contributed by atoms with E-state index >= 15 is 0 Å². The van der Waals surface area contributed by atoms with E-state index in [1.54, 1.807) is 17.3 Å². The van der Waals surface area contributed by atoms with Crippen molar-refractivity contribution < 1.29 is 9.59 Å². The molecule has 0 radical (unpaired) electrons. The molecular formula is C23H24N6O2S. The number of piperidine rings is 1. The van der Waals surface area contributed by atoms with E-state index in [9.17, 15) is 9.59 Å². The summed E-state index contributed by atoms with van der Waals surface area (Å²) in [7, 11) is 0. The highest BCUT2D eigenvalue weighted by atomic mass is 32.1. The maximum Gasteiger partial charge on any atom is 0.331 e. The van der Waals surface area contributed by atoms with Gasteiger partial charge < -0.3 is 16.0 Å². The lowest BCUT2D eigenvalue weighted by Crippen LogP contribution is -2.45. The van der Waals surface area contributed by atoms with Crippen LogP contribution in [-0.2, 0) is 0 Å². The van der Waals surface area contributed by atoms with Crippen molar-refractivity contribution in [2.75, 3.05) is 23.3 Å². The first kappa shape index (κ1) is 19.6. The molecular weight excluding hydrogens is 424 g/mol. The number of nitrogens with zero attached hydrogens (tertiary/aromatic N) is 3. The van der Waals surface area contributed by atoms with Crippen molar-refractivity contribution in [3.63, 3.8) is 0 Å². The van der Waals surface area contributed by atoms with Gasteiger partial charge in [-0.2, -0.15) is 0 Å². The fraction of sp³-hybridized carbons (Fsp3) is 0.391. The van der Waals surface area contributed by atoms with Crippen LogP contribution in [0.4, 0.5) is 21.9 Å². The Balaban J connectivity index is 1.38. The zero-order valence-electron chi connectivity index (χ0n) is 17.6. The Labute approximate surface area is 189 Å². The standard InChI is InChI=1S/C23H24N6O2S/c30-21(27-14-5-2-8-24-12-14)20-19-18-17(7-10-26-22(18)32-20)29(23(31)28-19)15-6-9-25-16(11-15)13-3-1-4-13/h6-7,9-11,13-14,24H,1-5,8,12H2,(H,27,30)(H,28,31)/t14-/m1/s1. The van der Waals surface area contributed by atoms with Crippen LogP contribution in [0.3, 0.4) is 0 Å².